The van der Waals surface area contributed by atoms with Gasteiger partial charge in [-0.05, 0) is 54.8 Å². The minimum Gasteiger partial charge on any atom is -0.497 e. The van der Waals surface area contributed by atoms with Crippen molar-refractivity contribution in [2.45, 2.75) is 19.9 Å². The Morgan fingerprint density at radius 2 is 1.92 bits per heavy atom. The highest BCUT2D eigenvalue weighted by Crippen LogP contribution is 2.26. The maximum Gasteiger partial charge on any atom is 0.252 e. The van der Waals surface area contributed by atoms with E-state index in [2.05, 4.69) is 35.4 Å². The SMILES string of the molecule is COc1cccc(C(=O)N[C@@H](c2cccnc2)c2cc(C)ccc2C)c1. The molecule has 132 valence electrons. The number of nitrogens with one attached hydrogen (secondary N) is 1. The molecular weight excluding hydrogens is 324 g/mol. The Labute approximate surface area is 153 Å². The summed E-state index contributed by atoms with van der Waals surface area (Å²) in [7, 11) is 1.59. The van der Waals surface area contributed by atoms with Crippen LogP contribution in [0.5, 0.6) is 5.75 Å². The fourth-order valence-corrected chi connectivity index (χ4v) is 2.94. The second-order valence-electron chi connectivity index (χ2n) is 6.28. The van der Waals surface area contributed by atoms with Crippen molar-refractivity contribution in [1.29, 1.82) is 0 Å². The monoisotopic (exact) mass is 346 g/mol. The quantitative estimate of drug-likeness (QED) is 0.752. The Hall–Kier alpha value is -3.14. The van der Waals surface area contributed by atoms with Crippen LogP contribution in [0.1, 0.15) is 38.7 Å². The average Bonchev–Trinajstić information content (AvgIpc) is 2.68. The highest BCUT2D eigenvalue weighted by atomic mass is 16.5. The van der Waals surface area contributed by atoms with Gasteiger partial charge in [-0.1, -0.05) is 35.9 Å². The Morgan fingerprint density at radius 3 is 2.65 bits per heavy atom. The van der Waals surface area contributed by atoms with Crippen LogP contribution in [0, 0.1) is 13.8 Å². The number of aromatic nitrogens is 1. The highest BCUT2D eigenvalue weighted by molar-refractivity contribution is 5.95. The number of hydrogen-bond acceptors (Lipinski definition) is 3. The van der Waals surface area contributed by atoms with Crippen molar-refractivity contribution < 1.29 is 9.53 Å². The van der Waals surface area contributed by atoms with Gasteiger partial charge in [0.05, 0.1) is 13.2 Å². The number of hydrogen-bond donors (Lipinski definition) is 1. The number of ether oxygens (including phenoxy) is 1. The summed E-state index contributed by atoms with van der Waals surface area (Å²) < 4.78 is 5.22. The lowest BCUT2D eigenvalue weighted by Gasteiger charge is -2.22. The van der Waals surface area contributed by atoms with E-state index in [0.29, 0.717) is 11.3 Å². The molecular formula is C22H22N2O2. The molecule has 1 aromatic heterocycles. The van der Waals surface area contributed by atoms with Gasteiger partial charge in [-0.15, -0.1) is 0 Å². The van der Waals surface area contributed by atoms with E-state index >= 15 is 0 Å². The third kappa shape index (κ3) is 3.91. The van der Waals surface area contributed by atoms with Gasteiger partial charge in [0, 0.05) is 18.0 Å². The zero-order valence-corrected chi connectivity index (χ0v) is 15.2. The summed E-state index contributed by atoms with van der Waals surface area (Å²) >= 11 is 0. The minimum absolute atomic E-state index is 0.154. The third-order valence-corrected chi connectivity index (χ3v) is 4.37. The van der Waals surface area contributed by atoms with Crippen LogP contribution in [0.25, 0.3) is 0 Å². The van der Waals surface area contributed by atoms with Crippen molar-refractivity contribution in [2.24, 2.45) is 0 Å². The molecule has 4 nitrogen and oxygen atoms in total. The highest BCUT2D eigenvalue weighted by Gasteiger charge is 2.20. The van der Waals surface area contributed by atoms with Crippen LogP contribution >= 0.6 is 0 Å². The summed E-state index contributed by atoms with van der Waals surface area (Å²) in [5, 5.41) is 3.15. The standard InChI is InChI=1S/C22H22N2O2/c1-15-9-10-16(2)20(12-15)21(18-7-5-11-23-14-18)24-22(25)17-6-4-8-19(13-17)26-3/h4-14,21H,1-3H3,(H,24,25)/t21-/m0/s1. The lowest BCUT2D eigenvalue weighted by molar-refractivity contribution is 0.0942. The van der Waals surface area contributed by atoms with E-state index in [1.807, 2.05) is 31.2 Å². The van der Waals surface area contributed by atoms with Crippen molar-refractivity contribution in [2.75, 3.05) is 7.11 Å². The number of aryl methyl sites for hydroxylation is 2. The van der Waals surface area contributed by atoms with Gasteiger partial charge in [-0.2, -0.15) is 0 Å². The molecule has 1 atom stereocenters. The van der Waals surface area contributed by atoms with E-state index in [1.165, 1.54) is 0 Å². The van der Waals surface area contributed by atoms with Gasteiger partial charge in [0.15, 0.2) is 0 Å². The number of benzene rings is 2. The molecule has 3 rings (SSSR count). The van der Waals surface area contributed by atoms with Crippen molar-refractivity contribution in [3.05, 3.63) is 94.8 Å². The number of carbonyl (C=O) groups is 1. The number of carbonyl (C=O) groups excluding carboxylic acids is 1. The Morgan fingerprint density at radius 1 is 1.08 bits per heavy atom. The maximum atomic E-state index is 12.9. The summed E-state index contributed by atoms with van der Waals surface area (Å²) in [5.41, 5.74) is 4.83. The molecule has 0 aliphatic rings. The molecule has 0 unspecified atom stereocenters. The number of nitrogens with zero attached hydrogens (tertiary/aromatic N) is 1. The number of rotatable bonds is 5. The normalized spacial score (nSPS) is 11.7. The average molecular weight is 346 g/mol. The van der Waals surface area contributed by atoms with Crippen molar-refractivity contribution in [1.82, 2.24) is 10.3 Å². The van der Waals surface area contributed by atoms with E-state index in [-0.39, 0.29) is 11.9 Å². The minimum atomic E-state index is -0.276. The zero-order valence-electron chi connectivity index (χ0n) is 15.2. The van der Waals surface area contributed by atoms with E-state index in [0.717, 1.165) is 22.3 Å². The van der Waals surface area contributed by atoms with Gasteiger partial charge >= 0.3 is 0 Å². The van der Waals surface area contributed by atoms with Gasteiger partial charge in [0.1, 0.15) is 5.75 Å². The molecule has 26 heavy (non-hydrogen) atoms. The van der Waals surface area contributed by atoms with Gasteiger partial charge < -0.3 is 10.1 Å². The lowest BCUT2D eigenvalue weighted by Crippen LogP contribution is -2.30. The zero-order chi connectivity index (χ0) is 18.5. The second-order valence-corrected chi connectivity index (χ2v) is 6.28. The number of pyridine rings is 1. The van der Waals surface area contributed by atoms with Gasteiger partial charge in [-0.25, -0.2) is 0 Å². The smallest absolute Gasteiger partial charge is 0.252 e. The molecule has 0 aliphatic heterocycles. The van der Waals surface area contributed by atoms with Crippen LogP contribution in [-0.4, -0.2) is 18.0 Å². The van der Waals surface area contributed by atoms with Crippen molar-refractivity contribution in [3.63, 3.8) is 0 Å². The molecule has 1 heterocycles. The molecule has 2 aromatic carbocycles. The molecule has 0 radical (unpaired) electrons. The third-order valence-electron chi connectivity index (χ3n) is 4.37. The predicted molar refractivity (Wildman–Crippen MR) is 102 cm³/mol. The van der Waals surface area contributed by atoms with Crippen molar-refractivity contribution in [3.8, 4) is 5.75 Å². The molecule has 3 aromatic rings. The molecule has 0 aliphatic carbocycles. The molecule has 0 saturated heterocycles. The summed E-state index contributed by atoms with van der Waals surface area (Å²) in [6.07, 6.45) is 3.52. The van der Waals surface area contributed by atoms with Crippen LogP contribution < -0.4 is 10.1 Å². The van der Waals surface area contributed by atoms with Crippen LogP contribution in [-0.2, 0) is 0 Å². The van der Waals surface area contributed by atoms with Gasteiger partial charge in [0.25, 0.3) is 5.91 Å². The first-order valence-electron chi connectivity index (χ1n) is 8.50. The first kappa shape index (κ1) is 17.7. The molecule has 4 heteroatoms. The second kappa shape index (κ2) is 7.83. The summed E-state index contributed by atoms with van der Waals surface area (Å²) in [6, 6.07) is 17.0. The summed E-state index contributed by atoms with van der Waals surface area (Å²) in [5.74, 6) is 0.501. The fourth-order valence-electron chi connectivity index (χ4n) is 2.94. The van der Waals surface area contributed by atoms with Crippen molar-refractivity contribution >= 4 is 5.91 Å². The van der Waals surface area contributed by atoms with E-state index in [9.17, 15) is 4.79 Å². The molecule has 0 saturated carbocycles. The molecule has 0 bridgehead atoms. The molecule has 1 amide bonds. The number of amides is 1. The number of methoxy groups -OCH3 is 1. The largest absolute Gasteiger partial charge is 0.497 e. The summed E-state index contributed by atoms with van der Waals surface area (Å²) in [4.78, 5) is 17.1. The summed E-state index contributed by atoms with van der Waals surface area (Å²) in [6.45, 7) is 4.10. The Kier molecular flexibility index (Phi) is 5.32. The Bertz CT molecular complexity index is 907. The lowest BCUT2D eigenvalue weighted by atomic mass is 9.94. The first-order valence-corrected chi connectivity index (χ1v) is 8.50. The molecule has 1 N–H and O–H groups in total. The van der Waals surface area contributed by atoms with Crippen LogP contribution in [0.4, 0.5) is 0 Å². The van der Waals surface area contributed by atoms with Gasteiger partial charge in [-0.3, -0.25) is 9.78 Å². The topological polar surface area (TPSA) is 51.2 Å². The fraction of sp³-hybridized carbons (Fsp3) is 0.182. The Balaban J connectivity index is 1.98. The van der Waals surface area contributed by atoms with Crippen LogP contribution in [0.2, 0.25) is 0 Å². The van der Waals surface area contributed by atoms with E-state index < -0.39 is 0 Å². The maximum absolute atomic E-state index is 12.9. The molecule has 0 spiro atoms. The van der Waals surface area contributed by atoms with Crippen LogP contribution in [0.15, 0.2) is 67.0 Å². The van der Waals surface area contributed by atoms with E-state index in [1.54, 1.807) is 31.6 Å². The van der Waals surface area contributed by atoms with Gasteiger partial charge in [0.2, 0.25) is 0 Å². The van der Waals surface area contributed by atoms with E-state index in [4.69, 9.17) is 4.74 Å². The first-order chi connectivity index (χ1) is 12.6. The molecule has 0 fully saturated rings. The van der Waals surface area contributed by atoms with Crippen LogP contribution in [0.3, 0.4) is 0 Å². The predicted octanol–water partition coefficient (Wildman–Crippen LogP) is 4.23.